The van der Waals surface area contributed by atoms with Gasteiger partial charge in [-0.2, -0.15) is 4.98 Å². The summed E-state index contributed by atoms with van der Waals surface area (Å²) in [7, 11) is 3.31. The molecule has 132 valence electrons. The number of aromatic nitrogens is 2. The van der Waals surface area contributed by atoms with Crippen LogP contribution in [0.25, 0.3) is 0 Å². The molecule has 0 aliphatic carbocycles. The molecule has 24 heavy (non-hydrogen) atoms. The van der Waals surface area contributed by atoms with Crippen LogP contribution in [0.5, 0.6) is 11.5 Å². The highest BCUT2D eigenvalue weighted by atomic mass is 35.5. The number of anilines is 2. The minimum Gasteiger partial charge on any atom is -0.493 e. The average molecular weight is 353 g/mol. The van der Waals surface area contributed by atoms with Crippen molar-refractivity contribution >= 4 is 24.2 Å². The smallest absolute Gasteiger partial charge is 0.221 e. The minimum atomic E-state index is 0. The van der Waals surface area contributed by atoms with E-state index in [2.05, 4.69) is 23.0 Å². The maximum Gasteiger partial charge on any atom is 0.221 e. The zero-order valence-electron chi connectivity index (χ0n) is 14.3. The van der Waals surface area contributed by atoms with Crippen molar-refractivity contribution in [1.82, 2.24) is 9.97 Å². The van der Waals surface area contributed by atoms with Gasteiger partial charge in [0.2, 0.25) is 5.95 Å². The van der Waals surface area contributed by atoms with Crippen LogP contribution in [0.3, 0.4) is 0 Å². The molecule has 1 aromatic heterocycles. The van der Waals surface area contributed by atoms with E-state index in [1.807, 2.05) is 6.07 Å². The second-order valence-corrected chi connectivity index (χ2v) is 5.41. The number of aryl methyl sites for hydroxylation is 1. The molecule has 1 heterocycles. The quantitative estimate of drug-likeness (QED) is 0.795. The van der Waals surface area contributed by atoms with E-state index in [1.165, 1.54) is 0 Å². The van der Waals surface area contributed by atoms with Crippen molar-refractivity contribution in [2.24, 2.45) is 0 Å². The van der Waals surface area contributed by atoms with Crippen LogP contribution in [-0.4, -0.2) is 24.2 Å². The highest BCUT2D eigenvalue weighted by molar-refractivity contribution is 5.85. The average Bonchev–Trinajstić information content (AvgIpc) is 2.54. The molecule has 6 nitrogen and oxygen atoms in total. The Kier molecular flexibility index (Phi) is 7.58. The Hall–Kier alpha value is -2.21. The molecule has 1 aromatic carbocycles. The first kappa shape index (κ1) is 19.8. The molecule has 0 saturated carbocycles. The van der Waals surface area contributed by atoms with E-state index in [1.54, 1.807) is 20.4 Å². The van der Waals surface area contributed by atoms with E-state index in [0.717, 1.165) is 47.5 Å². The predicted molar refractivity (Wildman–Crippen MR) is 99.1 cm³/mol. The summed E-state index contributed by atoms with van der Waals surface area (Å²) in [6.45, 7) is 2.17. The first-order valence-corrected chi connectivity index (χ1v) is 7.69. The molecule has 0 saturated heterocycles. The third-order valence-electron chi connectivity index (χ3n) is 3.73. The topological polar surface area (TPSA) is 96.3 Å². The fraction of sp³-hybridized carbons (Fsp3) is 0.412. The molecule has 7 heteroatoms. The van der Waals surface area contributed by atoms with Crippen molar-refractivity contribution in [1.29, 1.82) is 0 Å². The van der Waals surface area contributed by atoms with E-state index >= 15 is 0 Å². The summed E-state index contributed by atoms with van der Waals surface area (Å²) < 4.78 is 11.0. The van der Waals surface area contributed by atoms with Crippen LogP contribution < -0.4 is 20.9 Å². The molecule has 0 aliphatic heterocycles. The van der Waals surface area contributed by atoms with Gasteiger partial charge in [-0.3, -0.25) is 0 Å². The summed E-state index contributed by atoms with van der Waals surface area (Å²) in [6, 6.07) is 4.09. The lowest BCUT2D eigenvalue weighted by Crippen LogP contribution is -2.05. The molecule has 2 aromatic rings. The normalized spacial score (nSPS) is 10.1. The number of nitrogens with two attached hydrogens (primary N) is 2. The minimum absolute atomic E-state index is 0. The largest absolute Gasteiger partial charge is 0.493 e. The Labute approximate surface area is 149 Å². The Morgan fingerprint density at radius 3 is 2.42 bits per heavy atom. The van der Waals surface area contributed by atoms with Crippen LogP contribution in [0, 0.1) is 0 Å². The number of hydrogen-bond acceptors (Lipinski definition) is 6. The summed E-state index contributed by atoms with van der Waals surface area (Å²) in [4.78, 5) is 8.02. The van der Waals surface area contributed by atoms with Crippen molar-refractivity contribution in [3.63, 3.8) is 0 Å². The second-order valence-electron chi connectivity index (χ2n) is 5.41. The molecule has 0 amide bonds. The van der Waals surface area contributed by atoms with Gasteiger partial charge in [0.1, 0.15) is 5.82 Å². The highest BCUT2D eigenvalue weighted by Gasteiger charge is 2.13. The van der Waals surface area contributed by atoms with Gasteiger partial charge in [0, 0.05) is 18.2 Å². The van der Waals surface area contributed by atoms with Crippen molar-refractivity contribution < 1.29 is 9.47 Å². The lowest BCUT2D eigenvalue weighted by Gasteiger charge is -2.15. The monoisotopic (exact) mass is 352 g/mol. The number of methoxy groups -OCH3 is 2. The molecule has 4 N–H and O–H groups in total. The fourth-order valence-corrected chi connectivity index (χ4v) is 2.55. The van der Waals surface area contributed by atoms with E-state index in [4.69, 9.17) is 20.9 Å². The standard InChI is InChI=1S/C17H24N4O2.ClH/c1-4-5-6-12-7-11(9-14(22-2)15(12)23-3)8-13-10-20-17(19)21-16(13)18;/h7,9-10H,4-6,8H2,1-3H3,(H4,18,19,20,21);1H. The molecule has 0 radical (unpaired) electrons. The van der Waals surface area contributed by atoms with Crippen LogP contribution in [0.2, 0.25) is 0 Å². The summed E-state index contributed by atoms with van der Waals surface area (Å²) in [5.74, 6) is 2.11. The number of nitrogens with zero attached hydrogens (tertiary/aromatic N) is 2. The third-order valence-corrected chi connectivity index (χ3v) is 3.73. The zero-order chi connectivity index (χ0) is 16.8. The van der Waals surface area contributed by atoms with Gasteiger partial charge in [0.15, 0.2) is 11.5 Å². The van der Waals surface area contributed by atoms with Gasteiger partial charge in [-0.05, 0) is 30.0 Å². The molecule has 0 bridgehead atoms. The summed E-state index contributed by atoms with van der Waals surface area (Å²) in [5.41, 5.74) is 14.5. The second kappa shape index (κ2) is 9.17. The number of benzene rings is 1. The number of ether oxygens (including phenoxy) is 2. The molecule has 0 unspecified atom stereocenters. The van der Waals surface area contributed by atoms with Gasteiger partial charge in [-0.1, -0.05) is 19.4 Å². The maximum absolute atomic E-state index is 5.93. The van der Waals surface area contributed by atoms with Gasteiger partial charge in [-0.15, -0.1) is 12.4 Å². The molecular weight excluding hydrogens is 328 g/mol. The van der Waals surface area contributed by atoms with Gasteiger partial charge < -0.3 is 20.9 Å². The van der Waals surface area contributed by atoms with Crippen molar-refractivity contribution in [3.05, 3.63) is 35.0 Å². The first-order chi connectivity index (χ1) is 11.1. The van der Waals surface area contributed by atoms with Crippen molar-refractivity contribution in [2.75, 3.05) is 25.7 Å². The first-order valence-electron chi connectivity index (χ1n) is 7.69. The molecular formula is C17H25ClN4O2. The lowest BCUT2D eigenvalue weighted by molar-refractivity contribution is 0.351. The van der Waals surface area contributed by atoms with E-state index in [-0.39, 0.29) is 18.4 Å². The SMILES string of the molecule is CCCCc1cc(Cc2cnc(N)nc2N)cc(OC)c1OC.Cl. The van der Waals surface area contributed by atoms with E-state index in [0.29, 0.717) is 12.2 Å². The van der Waals surface area contributed by atoms with Gasteiger partial charge >= 0.3 is 0 Å². The number of nitrogen functional groups attached to an aromatic ring is 2. The number of rotatable bonds is 7. The Bertz CT molecular complexity index is 680. The summed E-state index contributed by atoms with van der Waals surface area (Å²) >= 11 is 0. The van der Waals surface area contributed by atoms with Gasteiger partial charge in [0.05, 0.1) is 14.2 Å². The molecule has 0 aliphatic rings. The number of halogens is 1. The molecule has 0 atom stereocenters. The lowest BCUT2D eigenvalue weighted by atomic mass is 9.99. The Morgan fingerprint density at radius 2 is 1.83 bits per heavy atom. The fourth-order valence-electron chi connectivity index (χ4n) is 2.55. The maximum atomic E-state index is 5.93. The zero-order valence-corrected chi connectivity index (χ0v) is 15.2. The molecule has 2 rings (SSSR count). The number of hydrogen-bond donors (Lipinski definition) is 2. The van der Waals surface area contributed by atoms with Crippen LogP contribution in [0.4, 0.5) is 11.8 Å². The molecule has 0 spiro atoms. The van der Waals surface area contributed by atoms with Gasteiger partial charge in [0.25, 0.3) is 0 Å². The Morgan fingerprint density at radius 1 is 1.08 bits per heavy atom. The van der Waals surface area contributed by atoms with Crippen LogP contribution in [0.1, 0.15) is 36.5 Å². The molecule has 0 fully saturated rings. The van der Waals surface area contributed by atoms with Crippen LogP contribution in [0.15, 0.2) is 18.3 Å². The summed E-state index contributed by atoms with van der Waals surface area (Å²) in [6.07, 6.45) is 5.44. The van der Waals surface area contributed by atoms with Crippen LogP contribution >= 0.6 is 12.4 Å². The van der Waals surface area contributed by atoms with E-state index < -0.39 is 0 Å². The van der Waals surface area contributed by atoms with Crippen molar-refractivity contribution in [2.45, 2.75) is 32.6 Å². The Balaban J connectivity index is 0.00000288. The summed E-state index contributed by atoms with van der Waals surface area (Å²) in [5, 5.41) is 0. The highest BCUT2D eigenvalue weighted by Crippen LogP contribution is 2.34. The predicted octanol–water partition coefficient (Wildman–Crippen LogP) is 3.01. The van der Waals surface area contributed by atoms with Crippen LogP contribution in [-0.2, 0) is 12.8 Å². The van der Waals surface area contributed by atoms with E-state index in [9.17, 15) is 0 Å². The number of unbranched alkanes of at least 4 members (excludes halogenated alkanes) is 1. The van der Waals surface area contributed by atoms with Crippen molar-refractivity contribution in [3.8, 4) is 11.5 Å². The third kappa shape index (κ3) is 4.64. The van der Waals surface area contributed by atoms with Gasteiger partial charge in [-0.25, -0.2) is 4.98 Å².